The minimum Gasteiger partial charge on any atom is -0.487 e. The summed E-state index contributed by atoms with van der Waals surface area (Å²) in [6.45, 7) is 11.0. The van der Waals surface area contributed by atoms with Crippen molar-refractivity contribution in [2.75, 3.05) is 13.1 Å². The van der Waals surface area contributed by atoms with Crippen molar-refractivity contribution in [3.05, 3.63) is 65.8 Å². The third-order valence-electron chi connectivity index (χ3n) is 5.39. The van der Waals surface area contributed by atoms with Crippen LogP contribution in [0.25, 0.3) is 17.0 Å². The highest BCUT2D eigenvalue weighted by molar-refractivity contribution is 5.73. The number of aromatic nitrogens is 3. The number of nitrogens with zero attached hydrogens (tertiary/aromatic N) is 4. The Balaban J connectivity index is 1.34. The molecule has 0 fully saturated rings. The Kier molecular flexibility index (Phi) is 6.68. The molecule has 1 aromatic carbocycles. The number of benzene rings is 1. The van der Waals surface area contributed by atoms with E-state index in [0.717, 1.165) is 22.6 Å². The molecule has 0 N–H and O–H groups in total. The van der Waals surface area contributed by atoms with Gasteiger partial charge in [-0.25, -0.2) is 4.79 Å². The van der Waals surface area contributed by atoms with Crippen molar-refractivity contribution >= 4 is 11.7 Å². The summed E-state index contributed by atoms with van der Waals surface area (Å²) in [5.41, 5.74) is 3.45. The largest absolute Gasteiger partial charge is 0.487 e. The molecule has 0 aliphatic carbocycles. The number of aryl methyl sites for hydroxylation is 1. The maximum atomic E-state index is 12.4. The van der Waals surface area contributed by atoms with Gasteiger partial charge in [0.2, 0.25) is 11.7 Å². The zero-order valence-corrected chi connectivity index (χ0v) is 20.2. The van der Waals surface area contributed by atoms with Crippen molar-refractivity contribution < 1.29 is 18.8 Å². The van der Waals surface area contributed by atoms with Crippen LogP contribution in [0.4, 0.5) is 4.79 Å². The highest BCUT2D eigenvalue weighted by Gasteiger charge is 2.27. The van der Waals surface area contributed by atoms with E-state index in [1.807, 2.05) is 57.3 Å². The Morgan fingerprint density at radius 1 is 1.15 bits per heavy atom. The number of carbonyl (C=O) groups excluding carboxylic acids is 1. The van der Waals surface area contributed by atoms with E-state index < -0.39 is 5.60 Å². The first-order valence-electron chi connectivity index (χ1n) is 11.3. The minimum atomic E-state index is -0.498. The van der Waals surface area contributed by atoms with Crippen LogP contribution < -0.4 is 4.74 Å². The predicted octanol–water partition coefficient (Wildman–Crippen LogP) is 5.29. The van der Waals surface area contributed by atoms with Crippen LogP contribution >= 0.6 is 0 Å². The van der Waals surface area contributed by atoms with Gasteiger partial charge in [-0.05, 0) is 68.2 Å². The molecule has 3 aromatic rings. The zero-order chi connectivity index (χ0) is 24.3. The van der Waals surface area contributed by atoms with Gasteiger partial charge in [0, 0.05) is 31.8 Å². The summed E-state index contributed by atoms with van der Waals surface area (Å²) in [5, 5.41) is 3.92. The van der Waals surface area contributed by atoms with E-state index in [0.29, 0.717) is 31.4 Å². The number of hydrogen-bond acceptors (Lipinski definition) is 7. The minimum absolute atomic E-state index is 0.187. The molecule has 1 amide bonds. The molecule has 1 atom stereocenters. The van der Waals surface area contributed by atoms with Crippen LogP contribution in [0.5, 0.6) is 5.75 Å². The Morgan fingerprint density at radius 3 is 2.47 bits per heavy atom. The predicted molar refractivity (Wildman–Crippen MR) is 128 cm³/mol. The first kappa shape index (κ1) is 23.5. The summed E-state index contributed by atoms with van der Waals surface area (Å²) in [6, 6.07) is 11.6. The molecule has 8 heteroatoms. The van der Waals surface area contributed by atoms with Gasteiger partial charge in [0.05, 0.1) is 5.69 Å². The lowest BCUT2D eigenvalue weighted by Gasteiger charge is -2.33. The molecule has 0 bridgehead atoms. The number of carbonyl (C=O) groups is 1. The zero-order valence-electron chi connectivity index (χ0n) is 20.2. The smallest absolute Gasteiger partial charge is 0.410 e. The molecule has 0 spiro atoms. The van der Waals surface area contributed by atoms with E-state index in [9.17, 15) is 4.79 Å². The summed E-state index contributed by atoms with van der Waals surface area (Å²) < 4.78 is 16.4. The number of pyridine rings is 1. The van der Waals surface area contributed by atoms with Gasteiger partial charge in [0.25, 0.3) is 0 Å². The molecule has 1 unspecified atom stereocenters. The Bertz CT molecular complexity index is 1160. The van der Waals surface area contributed by atoms with E-state index in [1.54, 1.807) is 11.8 Å². The third-order valence-corrected chi connectivity index (χ3v) is 5.39. The molecule has 2 aromatic heterocycles. The van der Waals surface area contributed by atoms with Gasteiger partial charge >= 0.3 is 6.09 Å². The van der Waals surface area contributed by atoms with Gasteiger partial charge in [-0.1, -0.05) is 24.2 Å². The lowest BCUT2D eigenvalue weighted by Crippen LogP contribution is -2.41. The van der Waals surface area contributed by atoms with E-state index in [4.69, 9.17) is 14.0 Å². The Labute approximate surface area is 199 Å². The molecule has 0 saturated carbocycles. The van der Waals surface area contributed by atoms with Crippen molar-refractivity contribution in [3.63, 3.8) is 0 Å². The van der Waals surface area contributed by atoms with Crippen LogP contribution in [0.2, 0.25) is 0 Å². The van der Waals surface area contributed by atoms with Gasteiger partial charge < -0.3 is 18.9 Å². The van der Waals surface area contributed by atoms with Crippen LogP contribution in [0.1, 0.15) is 44.8 Å². The van der Waals surface area contributed by atoms with Gasteiger partial charge in [-0.2, -0.15) is 4.98 Å². The molecule has 0 radical (unpaired) electrons. The number of ether oxygens (including phenoxy) is 2. The van der Waals surface area contributed by atoms with Gasteiger partial charge in [0.15, 0.2) is 0 Å². The molecule has 8 nitrogen and oxygen atoms in total. The summed E-state index contributed by atoms with van der Waals surface area (Å²) >= 11 is 0. The fourth-order valence-corrected chi connectivity index (χ4v) is 3.75. The highest BCUT2D eigenvalue weighted by Crippen LogP contribution is 2.28. The standard InChI is InChI=1S/C26H30N4O4/c1-17-15-30(25(31)33-26(3,4)5)13-12-23(17)20-6-9-21(27-14-20)16-32-22-10-7-19(8-11-22)24-28-18(2)34-29-24/h6-12,14,17H,13,15-16H2,1-5H3. The normalized spacial score (nSPS) is 16.2. The second-order valence-electron chi connectivity index (χ2n) is 9.43. The average molecular weight is 463 g/mol. The van der Waals surface area contributed by atoms with E-state index in [2.05, 4.69) is 34.2 Å². The molecule has 178 valence electrons. The van der Waals surface area contributed by atoms with Crippen LogP contribution in [0, 0.1) is 12.8 Å². The fourth-order valence-electron chi connectivity index (χ4n) is 3.75. The Hall–Kier alpha value is -3.68. The molecular weight excluding hydrogens is 432 g/mol. The summed E-state index contributed by atoms with van der Waals surface area (Å²) in [7, 11) is 0. The van der Waals surface area contributed by atoms with E-state index >= 15 is 0 Å². The van der Waals surface area contributed by atoms with Gasteiger partial charge in [-0.3, -0.25) is 4.98 Å². The van der Waals surface area contributed by atoms with E-state index in [1.165, 1.54) is 5.57 Å². The average Bonchev–Trinajstić information content (AvgIpc) is 3.23. The number of hydrogen-bond donors (Lipinski definition) is 0. The van der Waals surface area contributed by atoms with Gasteiger partial charge in [0.1, 0.15) is 18.0 Å². The van der Waals surface area contributed by atoms with Crippen LogP contribution in [-0.2, 0) is 11.3 Å². The summed E-state index contributed by atoms with van der Waals surface area (Å²) in [4.78, 5) is 22.9. The molecule has 1 aliphatic heterocycles. The van der Waals surface area contributed by atoms with Crippen LogP contribution in [0.3, 0.4) is 0 Å². The van der Waals surface area contributed by atoms with Crippen molar-refractivity contribution in [2.45, 2.75) is 46.8 Å². The van der Waals surface area contributed by atoms with Crippen LogP contribution in [0.15, 0.2) is 53.2 Å². The lowest BCUT2D eigenvalue weighted by molar-refractivity contribution is 0.0251. The molecule has 3 heterocycles. The molecule has 4 rings (SSSR count). The van der Waals surface area contributed by atoms with Gasteiger partial charge in [-0.15, -0.1) is 0 Å². The Morgan fingerprint density at radius 2 is 1.88 bits per heavy atom. The monoisotopic (exact) mass is 462 g/mol. The molecule has 0 saturated heterocycles. The molecular formula is C26H30N4O4. The van der Waals surface area contributed by atoms with Crippen molar-refractivity contribution in [1.82, 2.24) is 20.0 Å². The van der Waals surface area contributed by atoms with Crippen molar-refractivity contribution in [1.29, 1.82) is 0 Å². The molecule has 34 heavy (non-hydrogen) atoms. The second-order valence-corrected chi connectivity index (χ2v) is 9.43. The molecule has 1 aliphatic rings. The quantitative estimate of drug-likeness (QED) is 0.509. The summed E-state index contributed by atoms with van der Waals surface area (Å²) in [6.07, 6.45) is 3.67. The second kappa shape index (κ2) is 9.67. The fraction of sp³-hybridized carbons (Fsp3) is 0.385. The summed E-state index contributed by atoms with van der Waals surface area (Å²) in [5.74, 6) is 2.01. The highest BCUT2D eigenvalue weighted by atomic mass is 16.6. The van der Waals surface area contributed by atoms with Crippen molar-refractivity contribution in [3.8, 4) is 17.1 Å². The van der Waals surface area contributed by atoms with Crippen molar-refractivity contribution in [2.24, 2.45) is 5.92 Å². The van der Waals surface area contributed by atoms with E-state index in [-0.39, 0.29) is 12.0 Å². The lowest BCUT2D eigenvalue weighted by atomic mass is 9.91. The first-order chi connectivity index (χ1) is 16.2. The SMILES string of the molecule is Cc1nc(-c2ccc(OCc3ccc(C4=CCN(C(=O)OC(C)(C)C)CC4C)cn3)cc2)no1. The van der Waals surface area contributed by atoms with Crippen LogP contribution in [-0.4, -0.2) is 44.8 Å². The third kappa shape index (κ3) is 5.81. The maximum Gasteiger partial charge on any atom is 0.410 e. The number of rotatable bonds is 5. The number of amides is 1. The first-order valence-corrected chi connectivity index (χ1v) is 11.3. The topological polar surface area (TPSA) is 90.6 Å². The maximum absolute atomic E-state index is 12.4.